The van der Waals surface area contributed by atoms with Crippen LogP contribution in [0.25, 0.3) is 0 Å². The third-order valence-electron chi connectivity index (χ3n) is 3.31. The molecule has 1 atom stereocenters. The largest absolute Gasteiger partial charge is 0.382 e. The van der Waals surface area contributed by atoms with E-state index in [-0.39, 0.29) is 17.4 Å². The Kier molecular flexibility index (Phi) is 4.09. The molecule has 6 heteroatoms. The summed E-state index contributed by atoms with van der Waals surface area (Å²) in [5.41, 5.74) is 5.77. The first-order chi connectivity index (χ1) is 8.66. The number of nitrogens with one attached hydrogen (secondary N) is 1. The fourth-order valence-electron chi connectivity index (χ4n) is 2.19. The van der Waals surface area contributed by atoms with Crippen LogP contribution in [0.1, 0.15) is 29.8 Å². The van der Waals surface area contributed by atoms with Crippen molar-refractivity contribution < 1.29 is 4.79 Å². The number of piperidine rings is 1. The predicted molar refractivity (Wildman–Crippen MR) is 69.0 cm³/mol. The molecule has 98 valence electrons. The first-order valence-electron chi connectivity index (χ1n) is 6.23. The van der Waals surface area contributed by atoms with Gasteiger partial charge in [0.25, 0.3) is 5.91 Å². The fourth-order valence-corrected chi connectivity index (χ4v) is 2.19. The van der Waals surface area contributed by atoms with E-state index < -0.39 is 0 Å². The summed E-state index contributed by atoms with van der Waals surface area (Å²) >= 11 is 0. The highest BCUT2D eigenvalue weighted by Gasteiger charge is 2.19. The van der Waals surface area contributed by atoms with Gasteiger partial charge in [0.1, 0.15) is 11.5 Å². The number of nitrogens with two attached hydrogens (primary N) is 1. The maximum absolute atomic E-state index is 11.9. The van der Waals surface area contributed by atoms with Crippen molar-refractivity contribution in [3.63, 3.8) is 0 Å². The Morgan fingerprint density at radius 2 is 2.39 bits per heavy atom. The summed E-state index contributed by atoms with van der Waals surface area (Å²) < 4.78 is 0. The van der Waals surface area contributed by atoms with Gasteiger partial charge in [-0.25, -0.2) is 4.98 Å². The van der Waals surface area contributed by atoms with Gasteiger partial charge in [0.05, 0.1) is 12.4 Å². The van der Waals surface area contributed by atoms with Crippen molar-refractivity contribution in [1.29, 1.82) is 0 Å². The van der Waals surface area contributed by atoms with Gasteiger partial charge in [-0.2, -0.15) is 0 Å². The summed E-state index contributed by atoms with van der Waals surface area (Å²) in [5, 5.41) is 2.89. The van der Waals surface area contributed by atoms with Crippen molar-refractivity contribution in [2.24, 2.45) is 0 Å². The first-order valence-corrected chi connectivity index (χ1v) is 6.23. The molecular formula is C12H19N5O. The second kappa shape index (κ2) is 5.77. The second-order valence-electron chi connectivity index (χ2n) is 4.67. The number of hydrogen-bond acceptors (Lipinski definition) is 5. The minimum Gasteiger partial charge on any atom is -0.382 e. The molecule has 6 nitrogen and oxygen atoms in total. The molecule has 0 radical (unpaired) electrons. The number of aromatic nitrogens is 2. The molecule has 0 aliphatic carbocycles. The quantitative estimate of drug-likeness (QED) is 0.803. The first kappa shape index (κ1) is 12.8. The van der Waals surface area contributed by atoms with Crippen molar-refractivity contribution in [1.82, 2.24) is 20.2 Å². The van der Waals surface area contributed by atoms with Crippen LogP contribution >= 0.6 is 0 Å². The molecule has 0 spiro atoms. The van der Waals surface area contributed by atoms with E-state index in [0.29, 0.717) is 12.6 Å². The van der Waals surface area contributed by atoms with Gasteiger partial charge in [0, 0.05) is 12.6 Å². The molecule has 1 aromatic heterocycles. The fraction of sp³-hybridized carbons (Fsp3) is 0.583. The van der Waals surface area contributed by atoms with Gasteiger partial charge in [-0.1, -0.05) is 6.42 Å². The summed E-state index contributed by atoms with van der Waals surface area (Å²) in [5.74, 6) is 0.0474. The number of likely N-dealkylation sites (tertiary alicyclic amines) is 1. The highest BCUT2D eigenvalue weighted by Crippen LogP contribution is 2.14. The number of carbonyl (C=O) groups is 1. The normalized spacial score (nSPS) is 20.6. The predicted octanol–water partition coefficient (Wildman–Crippen LogP) is 0.273. The minimum atomic E-state index is -0.214. The van der Waals surface area contributed by atoms with Gasteiger partial charge in [0.2, 0.25) is 0 Å². The van der Waals surface area contributed by atoms with E-state index in [4.69, 9.17) is 5.73 Å². The molecule has 18 heavy (non-hydrogen) atoms. The van der Waals surface area contributed by atoms with Crippen LogP contribution in [0.15, 0.2) is 12.4 Å². The Labute approximate surface area is 107 Å². The Bertz CT molecular complexity index is 423. The lowest BCUT2D eigenvalue weighted by atomic mass is 10.0. The van der Waals surface area contributed by atoms with Gasteiger partial charge in [-0.05, 0) is 26.4 Å². The van der Waals surface area contributed by atoms with Crippen LogP contribution in [0, 0.1) is 0 Å². The SMILES string of the molecule is CN1CCCCC1CNC(=O)c1cncc(N)n1. The Hall–Kier alpha value is -1.69. The lowest BCUT2D eigenvalue weighted by molar-refractivity contribution is 0.0923. The van der Waals surface area contributed by atoms with Crippen molar-refractivity contribution in [2.45, 2.75) is 25.3 Å². The number of nitrogen functional groups attached to an aromatic ring is 1. The highest BCUT2D eigenvalue weighted by molar-refractivity contribution is 5.92. The molecule has 1 aromatic rings. The monoisotopic (exact) mass is 249 g/mol. The number of anilines is 1. The average Bonchev–Trinajstić information content (AvgIpc) is 2.37. The smallest absolute Gasteiger partial charge is 0.271 e. The maximum Gasteiger partial charge on any atom is 0.271 e. The van der Waals surface area contributed by atoms with E-state index >= 15 is 0 Å². The Morgan fingerprint density at radius 1 is 1.56 bits per heavy atom. The third-order valence-corrected chi connectivity index (χ3v) is 3.31. The molecule has 1 unspecified atom stereocenters. The number of hydrogen-bond donors (Lipinski definition) is 2. The van der Waals surface area contributed by atoms with E-state index in [2.05, 4.69) is 27.2 Å². The van der Waals surface area contributed by atoms with Gasteiger partial charge >= 0.3 is 0 Å². The Balaban J connectivity index is 1.88. The van der Waals surface area contributed by atoms with Gasteiger partial charge < -0.3 is 16.0 Å². The van der Waals surface area contributed by atoms with E-state index in [1.165, 1.54) is 25.2 Å². The van der Waals surface area contributed by atoms with Gasteiger partial charge in [-0.3, -0.25) is 9.78 Å². The van der Waals surface area contributed by atoms with Crippen molar-refractivity contribution in [3.8, 4) is 0 Å². The molecule has 3 N–H and O–H groups in total. The maximum atomic E-state index is 11.9. The lowest BCUT2D eigenvalue weighted by Crippen LogP contribution is -2.44. The molecular weight excluding hydrogens is 230 g/mol. The van der Waals surface area contributed by atoms with Crippen LogP contribution in [-0.4, -0.2) is 47.0 Å². The summed E-state index contributed by atoms with van der Waals surface area (Å²) in [4.78, 5) is 21.9. The molecule has 0 bridgehead atoms. The number of amides is 1. The Morgan fingerprint density at radius 3 is 3.11 bits per heavy atom. The zero-order chi connectivity index (χ0) is 13.0. The van der Waals surface area contributed by atoms with Crippen LogP contribution in [0.4, 0.5) is 5.82 Å². The standard InChI is InChI=1S/C12H19N5O/c1-17-5-3-2-4-9(17)6-15-12(18)10-7-14-8-11(13)16-10/h7-9H,2-6H2,1H3,(H2,13,16)(H,15,18). The summed E-state index contributed by atoms with van der Waals surface area (Å²) in [6.07, 6.45) is 6.44. The summed E-state index contributed by atoms with van der Waals surface area (Å²) in [7, 11) is 2.09. The zero-order valence-corrected chi connectivity index (χ0v) is 10.6. The van der Waals surface area contributed by atoms with Gasteiger partial charge in [-0.15, -0.1) is 0 Å². The zero-order valence-electron chi connectivity index (χ0n) is 10.6. The van der Waals surface area contributed by atoms with E-state index in [9.17, 15) is 4.79 Å². The molecule has 2 heterocycles. The van der Waals surface area contributed by atoms with Crippen LogP contribution < -0.4 is 11.1 Å². The van der Waals surface area contributed by atoms with Crippen LogP contribution in [0.3, 0.4) is 0 Å². The number of nitrogens with zero attached hydrogens (tertiary/aromatic N) is 3. The van der Waals surface area contributed by atoms with Crippen molar-refractivity contribution in [2.75, 3.05) is 25.9 Å². The molecule has 2 rings (SSSR count). The molecule has 1 aliphatic rings. The molecule has 0 aromatic carbocycles. The minimum absolute atomic E-state index is 0.214. The van der Waals surface area contributed by atoms with Crippen LogP contribution in [-0.2, 0) is 0 Å². The molecule has 1 fully saturated rings. The molecule has 1 aliphatic heterocycles. The topological polar surface area (TPSA) is 84.1 Å². The van der Waals surface area contributed by atoms with Crippen LogP contribution in [0.5, 0.6) is 0 Å². The number of carbonyl (C=O) groups excluding carboxylic acids is 1. The molecule has 1 amide bonds. The number of rotatable bonds is 3. The second-order valence-corrected chi connectivity index (χ2v) is 4.67. The van der Waals surface area contributed by atoms with E-state index in [0.717, 1.165) is 13.0 Å². The number of likely N-dealkylation sites (N-methyl/N-ethyl adjacent to an activating group) is 1. The van der Waals surface area contributed by atoms with Gasteiger partial charge in [0.15, 0.2) is 0 Å². The lowest BCUT2D eigenvalue weighted by Gasteiger charge is -2.32. The van der Waals surface area contributed by atoms with E-state index in [1.54, 1.807) is 0 Å². The molecule has 1 saturated heterocycles. The molecule has 0 saturated carbocycles. The van der Waals surface area contributed by atoms with Crippen molar-refractivity contribution in [3.05, 3.63) is 18.1 Å². The summed E-state index contributed by atoms with van der Waals surface area (Å²) in [6.45, 7) is 1.74. The summed E-state index contributed by atoms with van der Waals surface area (Å²) in [6, 6.07) is 0.414. The van der Waals surface area contributed by atoms with Crippen molar-refractivity contribution >= 4 is 11.7 Å². The van der Waals surface area contributed by atoms with E-state index in [1.807, 2.05) is 0 Å². The van der Waals surface area contributed by atoms with Crippen LogP contribution in [0.2, 0.25) is 0 Å². The third kappa shape index (κ3) is 3.16. The highest BCUT2D eigenvalue weighted by atomic mass is 16.1. The average molecular weight is 249 g/mol.